The number of nitrogens with one attached hydrogen (secondary N) is 1. The van der Waals surface area contributed by atoms with Crippen molar-refractivity contribution in [2.45, 2.75) is 52.6 Å². The zero-order chi connectivity index (χ0) is 15.6. The van der Waals surface area contributed by atoms with Crippen molar-refractivity contribution in [2.75, 3.05) is 6.54 Å². The number of hydrogen-bond donors (Lipinski definition) is 2. The molecule has 0 fully saturated rings. The lowest BCUT2D eigenvalue weighted by Gasteiger charge is -2.12. The molecule has 0 radical (unpaired) electrons. The molecule has 3 N–H and O–H groups in total. The Kier molecular flexibility index (Phi) is 4.62. The van der Waals surface area contributed by atoms with E-state index in [2.05, 4.69) is 9.97 Å². The van der Waals surface area contributed by atoms with E-state index in [1.165, 1.54) is 0 Å². The molecule has 1 unspecified atom stereocenters. The van der Waals surface area contributed by atoms with Crippen LogP contribution in [0.3, 0.4) is 0 Å². The molecule has 2 aromatic rings. The monoisotopic (exact) mass is 293 g/mol. The van der Waals surface area contributed by atoms with Crippen molar-refractivity contribution >= 4 is 11.2 Å². The number of H-pyrrole nitrogens is 1. The molecule has 0 aliphatic rings. The van der Waals surface area contributed by atoms with E-state index in [4.69, 9.17) is 5.73 Å². The molecule has 0 aliphatic carbocycles. The molecule has 7 nitrogen and oxygen atoms in total. The van der Waals surface area contributed by atoms with Gasteiger partial charge in [0.1, 0.15) is 5.82 Å². The van der Waals surface area contributed by atoms with Crippen molar-refractivity contribution in [1.29, 1.82) is 0 Å². The number of aromatic nitrogens is 4. The number of aryl methyl sites for hydroxylation is 2. The van der Waals surface area contributed by atoms with E-state index in [1.54, 1.807) is 4.57 Å². The highest BCUT2D eigenvalue weighted by molar-refractivity contribution is 5.71. The standard InChI is InChI=1S/C14H23N5O2/c1-4-9(3)19-12-11(13(20)17-14(19)21)18(5-2)10(16-12)7-6-8-15/h9H,4-8,15H2,1-3H3,(H,17,20,21). The number of aromatic amines is 1. The van der Waals surface area contributed by atoms with E-state index in [0.717, 1.165) is 18.7 Å². The molecule has 2 heterocycles. The number of imidazole rings is 1. The van der Waals surface area contributed by atoms with Gasteiger partial charge in [0.25, 0.3) is 5.56 Å². The first kappa shape index (κ1) is 15.5. The summed E-state index contributed by atoms with van der Waals surface area (Å²) in [5.74, 6) is 0.811. The number of fused-ring (bicyclic) bond motifs is 1. The van der Waals surface area contributed by atoms with Gasteiger partial charge >= 0.3 is 5.69 Å². The van der Waals surface area contributed by atoms with Gasteiger partial charge in [-0.3, -0.25) is 14.3 Å². The van der Waals surface area contributed by atoms with Crippen molar-refractivity contribution in [1.82, 2.24) is 19.1 Å². The minimum absolute atomic E-state index is 0.0144. The van der Waals surface area contributed by atoms with E-state index < -0.39 is 5.69 Å². The van der Waals surface area contributed by atoms with Crippen LogP contribution in [0.1, 0.15) is 45.5 Å². The lowest BCUT2D eigenvalue weighted by atomic mass is 10.2. The summed E-state index contributed by atoms with van der Waals surface area (Å²) < 4.78 is 3.46. The van der Waals surface area contributed by atoms with Gasteiger partial charge in [-0.05, 0) is 33.2 Å². The molecule has 0 amide bonds. The van der Waals surface area contributed by atoms with Crippen LogP contribution in [0.2, 0.25) is 0 Å². The average Bonchev–Trinajstić information content (AvgIpc) is 2.83. The van der Waals surface area contributed by atoms with Gasteiger partial charge in [-0.1, -0.05) is 6.92 Å². The van der Waals surface area contributed by atoms with Crippen molar-refractivity contribution in [2.24, 2.45) is 5.73 Å². The Labute approximate surface area is 122 Å². The predicted molar refractivity (Wildman–Crippen MR) is 82.7 cm³/mol. The van der Waals surface area contributed by atoms with Crippen LogP contribution in [0.25, 0.3) is 11.2 Å². The first-order valence-electron chi connectivity index (χ1n) is 7.49. The lowest BCUT2D eigenvalue weighted by Crippen LogP contribution is -2.32. The molecule has 1 atom stereocenters. The summed E-state index contributed by atoms with van der Waals surface area (Å²) in [4.78, 5) is 31.3. The van der Waals surface area contributed by atoms with Crippen molar-refractivity contribution in [3.8, 4) is 0 Å². The van der Waals surface area contributed by atoms with E-state index in [0.29, 0.717) is 30.7 Å². The van der Waals surface area contributed by atoms with Crippen LogP contribution >= 0.6 is 0 Å². The SMILES string of the molecule is CCC(C)n1c(=O)[nH]c(=O)c2c1nc(CCCN)n2CC. The first-order chi connectivity index (χ1) is 10.0. The predicted octanol–water partition coefficient (Wildman–Crippen LogP) is 0.769. The van der Waals surface area contributed by atoms with Gasteiger partial charge < -0.3 is 10.3 Å². The van der Waals surface area contributed by atoms with Crippen LogP contribution in [-0.4, -0.2) is 25.6 Å². The summed E-state index contributed by atoms with van der Waals surface area (Å²) >= 11 is 0. The third kappa shape index (κ3) is 2.65. The zero-order valence-corrected chi connectivity index (χ0v) is 12.8. The smallest absolute Gasteiger partial charge is 0.330 e. The molecule has 0 saturated carbocycles. The molecule has 0 bridgehead atoms. The van der Waals surface area contributed by atoms with Gasteiger partial charge in [-0.15, -0.1) is 0 Å². The minimum Gasteiger partial charge on any atom is -0.330 e. The Bertz CT molecular complexity index is 740. The second-order valence-corrected chi connectivity index (χ2v) is 5.22. The molecular formula is C14H23N5O2. The highest BCUT2D eigenvalue weighted by Gasteiger charge is 2.19. The molecule has 2 aromatic heterocycles. The molecule has 21 heavy (non-hydrogen) atoms. The maximum atomic E-state index is 12.2. The van der Waals surface area contributed by atoms with Gasteiger partial charge in [0.05, 0.1) is 0 Å². The summed E-state index contributed by atoms with van der Waals surface area (Å²) in [6, 6.07) is -0.0144. The van der Waals surface area contributed by atoms with Crippen molar-refractivity contribution in [3.05, 3.63) is 26.7 Å². The maximum absolute atomic E-state index is 12.2. The van der Waals surface area contributed by atoms with Gasteiger partial charge in [0.2, 0.25) is 0 Å². The third-order valence-electron chi connectivity index (χ3n) is 3.86. The molecule has 0 spiro atoms. The highest BCUT2D eigenvalue weighted by atomic mass is 16.2. The first-order valence-corrected chi connectivity index (χ1v) is 7.49. The summed E-state index contributed by atoms with van der Waals surface area (Å²) in [6.07, 6.45) is 2.29. The Balaban J connectivity index is 2.79. The van der Waals surface area contributed by atoms with Crippen LogP contribution in [0.4, 0.5) is 0 Å². The summed E-state index contributed by atoms with van der Waals surface area (Å²) in [7, 11) is 0. The Morgan fingerprint density at radius 1 is 1.33 bits per heavy atom. The Hall–Kier alpha value is -1.89. The van der Waals surface area contributed by atoms with Gasteiger partial charge in [-0.25, -0.2) is 9.78 Å². The second kappa shape index (κ2) is 6.26. The van der Waals surface area contributed by atoms with Crippen LogP contribution in [0.15, 0.2) is 9.59 Å². The molecule has 2 rings (SSSR count). The fourth-order valence-electron chi connectivity index (χ4n) is 2.57. The fourth-order valence-corrected chi connectivity index (χ4v) is 2.57. The van der Waals surface area contributed by atoms with Gasteiger partial charge in [0.15, 0.2) is 11.2 Å². The molecule has 0 saturated heterocycles. The van der Waals surface area contributed by atoms with Crippen molar-refractivity contribution in [3.63, 3.8) is 0 Å². The molecule has 116 valence electrons. The summed E-state index contributed by atoms with van der Waals surface area (Å²) in [5, 5.41) is 0. The van der Waals surface area contributed by atoms with E-state index in [1.807, 2.05) is 25.3 Å². The zero-order valence-electron chi connectivity index (χ0n) is 12.8. The fraction of sp³-hybridized carbons (Fsp3) is 0.643. The topological polar surface area (TPSA) is 98.7 Å². The number of rotatable bonds is 6. The van der Waals surface area contributed by atoms with Crippen LogP contribution < -0.4 is 17.0 Å². The second-order valence-electron chi connectivity index (χ2n) is 5.22. The Morgan fingerprint density at radius 2 is 2.05 bits per heavy atom. The van der Waals surface area contributed by atoms with E-state index in [-0.39, 0.29) is 11.6 Å². The van der Waals surface area contributed by atoms with Crippen molar-refractivity contribution < 1.29 is 0 Å². The lowest BCUT2D eigenvalue weighted by molar-refractivity contribution is 0.517. The summed E-state index contributed by atoms with van der Waals surface area (Å²) in [6.45, 7) is 7.12. The molecular weight excluding hydrogens is 270 g/mol. The Morgan fingerprint density at radius 3 is 2.62 bits per heavy atom. The maximum Gasteiger partial charge on any atom is 0.330 e. The molecule has 0 aromatic carbocycles. The highest BCUT2D eigenvalue weighted by Crippen LogP contribution is 2.17. The molecule has 7 heteroatoms. The molecule has 0 aliphatic heterocycles. The van der Waals surface area contributed by atoms with Crippen LogP contribution in [-0.2, 0) is 13.0 Å². The van der Waals surface area contributed by atoms with Gasteiger partial charge in [0, 0.05) is 19.0 Å². The number of nitrogens with zero attached hydrogens (tertiary/aromatic N) is 3. The number of hydrogen-bond acceptors (Lipinski definition) is 4. The quantitative estimate of drug-likeness (QED) is 0.821. The largest absolute Gasteiger partial charge is 0.330 e. The van der Waals surface area contributed by atoms with Gasteiger partial charge in [-0.2, -0.15) is 0 Å². The van der Waals surface area contributed by atoms with Crippen LogP contribution in [0.5, 0.6) is 0 Å². The van der Waals surface area contributed by atoms with Crippen LogP contribution in [0, 0.1) is 0 Å². The average molecular weight is 293 g/mol. The number of nitrogens with two attached hydrogens (primary N) is 1. The summed E-state index contributed by atoms with van der Waals surface area (Å²) in [5.41, 5.74) is 5.74. The normalized spacial score (nSPS) is 13.0. The van der Waals surface area contributed by atoms with E-state index in [9.17, 15) is 9.59 Å². The van der Waals surface area contributed by atoms with E-state index >= 15 is 0 Å². The third-order valence-corrected chi connectivity index (χ3v) is 3.86. The minimum atomic E-state index is -0.395.